The molecule has 2 unspecified atom stereocenters. The Morgan fingerprint density at radius 1 is 0.917 bits per heavy atom. The number of rotatable bonds is 20. The quantitative estimate of drug-likeness (QED) is 0.0569. The summed E-state index contributed by atoms with van der Waals surface area (Å²) in [5, 5.41) is 31.1. The second kappa shape index (κ2) is 23.4. The summed E-state index contributed by atoms with van der Waals surface area (Å²) in [6.45, 7) is 13.6. The van der Waals surface area contributed by atoms with Crippen LogP contribution in [0.4, 0.5) is 5.69 Å². The summed E-state index contributed by atoms with van der Waals surface area (Å²) >= 11 is 1.57. The Hall–Kier alpha value is -5.72. The van der Waals surface area contributed by atoms with E-state index in [-0.39, 0.29) is 62.6 Å². The van der Waals surface area contributed by atoms with Gasteiger partial charge in [-0.25, -0.2) is 4.98 Å². The highest BCUT2D eigenvalue weighted by Gasteiger charge is 2.46. The minimum Gasteiger partial charge on any atom is -0.391 e. The highest BCUT2D eigenvalue weighted by atomic mass is 32.1. The van der Waals surface area contributed by atoms with E-state index in [9.17, 15) is 34.2 Å². The summed E-state index contributed by atoms with van der Waals surface area (Å²) in [6, 6.07) is 16.2. The lowest BCUT2D eigenvalue weighted by Crippen LogP contribution is -2.57. The molecule has 1 aromatic heterocycles. The van der Waals surface area contributed by atoms with Crippen LogP contribution in [0.5, 0.6) is 0 Å². The number of nitrogens with one attached hydrogen (secondary N) is 3. The van der Waals surface area contributed by atoms with E-state index >= 15 is 0 Å². The number of hydrogen-bond acceptors (Lipinski definition) is 12. The number of aliphatic hydroxyl groups excluding tert-OH is 2. The number of amides is 5. The standard InChI is InChI=1S/C55H74N8O8S/c1-31-25-35(29-71-34(4)43(23-24-46(57)65)60-52(68)45-26-40-13-10-12-38-21-22-42(56)53(69)63(45)48(38)40)15-16-36(31)11-8-9-14-47(66)61-50(55(5,6)7)54(70)62-28-41(64)27-44(62)51(67)59-32(2)37-17-19-39(20-18-37)49-33(3)58-30-72-49/h10,12-13,15-20,25,30,32,34,41-45,50,53,64,69H,8-9,11,14,21-24,26-29,56H2,1-7H3,(H2,57,65)(H,59,67)(H,60,68)(H,61,66)/t32-,34+,41+,42-,43-,44-,45-,50?,53?/m0/s1. The lowest BCUT2D eigenvalue weighted by Gasteiger charge is -2.35. The number of benzene rings is 3. The first-order valence-electron chi connectivity index (χ1n) is 25.4. The number of carbonyl (C=O) groups excluding carboxylic acids is 5. The molecule has 0 aliphatic carbocycles. The summed E-state index contributed by atoms with van der Waals surface area (Å²) in [5.41, 5.74) is 22.0. The third kappa shape index (κ3) is 12.9. The fourth-order valence-electron chi connectivity index (χ4n) is 10.3. The number of unbranched alkanes of at least 4 members (excludes halogenated alkanes) is 1. The first-order chi connectivity index (χ1) is 34.2. The first kappa shape index (κ1) is 54.1. The van der Waals surface area contributed by atoms with Crippen molar-refractivity contribution >= 4 is 46.6 Å². The summed E-state index contributed by atoms with van der Waals surface area (Å²) in [6.07, 6.45) is 2.08. The summed E-state index contributed by atoms with van der Waals surface area (Å²) in [5.74, 6) is -1.78. The van der Waals surface area contributed by atoms with Gasteiger partial charge in [-0.15, -0.1) is 11.3 Å². The minimum atomic E-state index is -1.02. The van der Waals surface area contributed by atoms with Crippen molar-refractivity contribution in [3.05, 3.63) is 105 Å². The number of aliphatic hydroxyl groups is 2. The number of carbonyl (C=O) groups is 5. The third-order valence-corrected chi connectivity index (χ3v) is 15.6. The Balaban J connectivity index is 0.882. The molecule has 3 aliphatic rings. The molecule has 0 saturated carbocycles. The van der Waals surface area contributed by atoms with Crippen LogP contribution in [0.2, 0.25) is 0 Å². The van der Waals surface area contributed by atoms with Gasteiger partial charge in [0.15, 0.2) is 0 Å². The van der Waals surface area contributed by atoms with Gasteiger partial charge in [0.2, 0.25) is 29.5 Å². The minimum absolute atomic E-state index is 0.00569. The number of likely N-dealkylation sites (tertiary alicyclic amines) is 1. The van der Waals surface area contributed by atoms with Gasteiger partial charge in [0.25, 0.3) is 0 Å². The van der Waals surface area contributed by atoms with Crippen molar-refractivity contribution in [1.82, 2.24) is 25.8 Å². The molecule has 9 N–H and O–H groups in total. The molecule has 1 fully saturated rings. The molecule has 0 spiro atoms. The maximum Gasteiger partial charge on any atom is 0.246 e. The number of nitrogens with two attached hydrogens (primary N) is 2. The number of β-amino-alcohol motifs (C(OH)–C–C–N with tert-alkyl or cyclic N) is 1. The Bertz CT molecular complexity index is 2580. The second-order valence-electron chi connectivity index (χ2n) is 21.2. The largest absolute Gasteiger partial charge is 0.391 e. The van der Waals surface area contributed by atoms with E-state index in [0.29, 0.717) is 25.7 Å². The highest BCUT2D eigenvalue weighted by Crippen LogP contribution is 2.40. The van der Waals surface area contributed by atoms with Crippen molar-refractivity contribution < 1.29 is 38.9 Å². The molecule has 3 aromatic carbocycles. The van der Waals surface area contributed by atoms with Crippen LogP contribution in [-0.2, 0) is 54.6 Å². The average molecular weight is 1010 g/mol. The normalized spacial score (nSPS) is 21.3. The van der Waals surface area contributed by atoms with Crippen molar-refractivity contribution in [2.24, 2.45) is 16.9 Å². The molecule has 5 amide bonds. The zero-order chi connectivity index (χ0) is 52.0. The van der Waals surface area contributed by atoms with Crippen molar-refractivity contribution in [3.63, 3.8) is 0 Å². The average Bonchev–Trinajstić information content (AvgIpc) is 4.06. The van der Waals surface area contributed by atoms with Crippen LogP contribution in [0.15, 0.2) is 66.2 Å². The van der Waals surface area contributed by atoms with E-state index in [1.54, 1.807) is 16.2 Å². The second-order valence-corrected chi connectivity index (χ2v) is 22.0. The van der Waals surface area contributed by atoms with Crippen molar-refractivity contribution in [2.45, 2.75) is 174 Å². The molecule has 0 bridgehead atoms. The van der Waals surface area contributed by atoms with Gasteiger partial charge in [-0.1, -0.05) is 81.4 Å². The summed E-state index contributed by atoms with van der Waals surface area (Å²) < 4.78 is 6.33. The SMILES string of the molecule is Cc1cc(CO[C@H](C)[C@H](CCC(N)=O)NC(=O)[C@@H]2Cc3cccc4c3N2C(O)[C@@H](N)CC4)ccc1CCCCC(=O)NC(C(=O)N1C[C@H](O)C[C@H]1C(=O)N[C@@H](C)c1ccc(-c2scnc2C)cc1)C(C)(C)C. The lowest BCUT2D eigenvalue weighted by molar-refractivity contribution is -0.144. The molecule has 7 rings (SSSR count). The van der Waals surface area contributed by atoms with Gasteiger partial charge < -0.3 is 52.2 Å². The Morgan fingerprint density at radius 3 is 2.32 bits per heavy atom. The van der Waals surface area contributed by atoms with Crippen molar-refractivity contribution in [3.8, 4) is 10.4 Å². The molecular weight excluding hydrogens is 933 g/mol. The number of nitrogens with zero attached hydrogens (tertiary/aromatic N) is 3. The fraction of sp³-hybridized carbons (Fsp3) is 0.527. The predicted molar refractivity (Wildman–Crippen MR) is 278 cm³/mol. The zero-order valence-electron chi connectivity index (χ0n) is 42.8. The smallest absolute Gasteiger partial charge is 0.246 e. The molecule has 17 heteroatoms. The van der Waals surface area contributed by atoms with Crippen LogP contribution in [0.3, 0.4) is 0 Å². The fourth-order valence-corrected chi connectivity index (χ4v) is 11.2. The molecule has 16 nitrogen and oxygen atoms in total. The number of aromatic nitrogens is 1. The van der Waals surface area contributed by atoms with E-state index in [1.165, 1.54) is 4.90 Å². The molecule has 4 heterocycles. The predicted octanol–water partition coefficient (Wildman–Crippen LogP) is 5.19. The summed E-state index contributed by atoms with van der Waals surface area (Å²) in [4.78, 5) is 75.9. The third-order valence-electron chi connectivity index (χ3n) is 14.6. The number of ether oxygens (including phenoxy) is 1. The molecule has 72 heavy (non-hydrogen) atoms. The molecule has 3 aliphatic heterocycles. The Morgan fingerprint density at radius 2 is 1.64 bits per heavy atom. The molecule has 0 radical (unpaired) electrons. The number of para-hydroxylation sites is 1. The van der Waals surface area contributed by atoms with Crippen molar-refractivity contribution in [1.29, 1.82) is 0 Å². The number of anilines is 1. The van der Waals surface area contributed by atoms with Gasteiger partial charge in [0.1, 0.15) is 24.4 Å². The van der Waals surface area contributed by atoms with Crippen LogP contribution in [-0.4, -0.2) is 105 Å². The number of primary amides is 1. The van der Waals surface area contributed by atoms with E-state index in [2.05, 4.69) is 33.1 Å². The maximum absolute atomic E-state index is 14.2. The molecule has 388 valence electrons. The van der Waals surface area contributed by atoms with E-state index in [0.717, 1.165) is 68.0 Å². The van der Waals surface area contributed by atoms with Gasteiger partial charge in [0.05, 0.1) is 47.0 Å². The highest BCUT2D eigenvalue weighted by molar-refractivity contribution is 7.13. The topological polar surface area (TPSA) is 243 Å². The van der Waals surface area contributed by atoms with Crippen LogP contribution in [0.1, 0.15) is 125 Å². The molecule has 1 saturated heterocycles. The van der Waals surface area contributed by atoms with Gasteiger partial charge in [0, 0.05) is 44.0 Å². The van der Waals surface area contributed by atoms with Crippen molar-refractivity contribution in [2.75, 3.05) is 11.4 Å². The van der Waals surface area contributed by atoms with Gasteiger partial charge >= 0.3 is 0 Å². The maximum atomic E-state index is 14.2. The Labute approximate surface area is 427 Å². The molecule has 9 atom stereocenters. The van der Waals surface area contributed by atoms with Crippen LogP contribution in [0.25, 0.3) is 10.4 Å². The molecular formula is C55H74N8O8S. The van der Waals surface area contributed by atoms with Gasteiger partial charge in [-0.3, -0.25) is 24.0 Å². The van der Waals surface area contributed by atoms with Gasteiger partial charge in [-0.2, -0.15) is 0 Å². The van der Waals surface area contributed by atoms with E-state index in [1.807, 2.05) is 103 Å². The lowest BCUT2D eigenvalue weighted by atomic mass is 9.85. The number of thiazole rings is 1. The monoisotopic (exact) mass is 1010 g/mol. The van der Waals surface area contributed by atoms with Crippen LogP contribution >= 0.6 is 11.3 Å². The molecule has 4 aromatic rings. The Kier molecular flexibility index (Phi) is 17.6. The zero-order valence-corrected chi connectivity index (χ0v) is 43.6. The van der Waals surface area contributed by atoms with Gasteiger partial charge in [-0.05, 0) is 111 Å². The van der Waals surface area contributed by atoms with E-state index in [4.69, 9.17) is 16.2 Å². The van der Waals surface area contributed by atoms with Crippen LogP contribution in [0, 0.1) is 19.3 Å². The first-order valence-corrected chi connectivity index (χ1v) is 26.3. The van der Waals surface area contributed by atoms with E-state index < -0.39 is 65.9 Å². The number of aryl methyl sites for hydroxylation is 4. The summed E-state index contributed by atoms with van der Waals surface area (Å²) in [7, 11) is 0. The van der Waals surface area contributed by atoms with Crippen LogP contribution < -0.4 is 32.3 Å². The number of hydrogen-bond donors (Lipinski definition) is 7.